The normalized spacial score (nSPS) is 10.6. The zero-order valence-electron chi connectivity index (χ0n) is 13.0. The van der Waals surface area contributed by atoms with E-state index in [1.54, 1.807) is 0 Å². The van der Waals surface area contributed by atoms with Gasteiger partial charge in [0.1, 0.15) is 13.2 Å². The van der Waals surface area contributed by atoms with Gasteiger partial charge < -0.3 is 9.47 Å². The zero-order chi connectivity index (χ0) is 18.3. The van der Waals surface area contributed by atoms with Crippen LogP contribution in [0.15, 0.2) is 43.5 Å². The van der Waals surface area contributed by atoms with Crippen molar-refractivity contribution < 1.29 is 28.4 Å². The van der Waals surface area contributed by atoms with E-state index in [1.807, 2.05) is 0 Å². The molecule has 0 spiro atoms. The molecule has 1 rings (SSSR count). The van der Waals surface area contributed by atoms with Crippen molar-refractivity contribution >= 4 is 17.6 Å². The van der Waals surface area contributed by atoms with Crippen LogP contribution < -0.4 is 0 Å². The quantitative estimate of drug-likeness (QED) is 0.238. The lowest BCUT2D eigenvalue weighted by Gasteiger charge is -2.25. The molecule has 128 valence electrons. The summed E-state index contributed by atoms with van der Waals surface area (Å²) in [5.74, 6) is -3.17. The molecule has 1 aromatic rings. The average molecular weight is 337 g/mol. The Hall–Kier alpha value is -3.03. The molecular formula is C16H16FNO6. The van der Waals surface area contributed by atoms with E-state index in [9.17, 15) is 24.1 Å². The summed E-state index contributed by atoms with van der Waals surface area (Å²) in [6.07, 6.45) is 2.59. The van der Waals surface area contributed by atoms with Crippen molar-refractivity contribution in [2.45, 2.75) is 12.3 Å². The molecule has 0 aliphatic rings. The summed E-state index contributed by atoms with van der Waals surface area (Å²) in [7, 11) is 0. The van der Waals surface area contributed by atoms with Gasteiger partial charge in [-0.3, -0.25) is 19.7 Å². The second kappa shape index (κ2) is 8.00. The number of nitrogens with zero attached hydrogens (tertiary/aromatic N) is 1. The Morgan fingerprint density at radius 3 is 2.12 bits per heavy atom. The average Bonchev–Trinajstić information content (AvgIpc) is 2.55. The number of nitro benzene ring substituents is 1. The molecule has 0 atom stereocenters. The first-order chi connectivity index (χ1) is 11.3. The molecule has 0 radical (unpaired) electrons. The Morgan fingerprint density at radius 2 is 1.75 bits per heavy atom. The van der Waals surface area contributed by atoms with Crippen LogP contribution in [0.25, 0.3) is 0 Å². The fourth-order valence-electron chi connectivity index (χ4n) is 1.84. The van der Waals surface area contributed by atoms with Crippen LogP contribution in [0.5, 0.6) is 0 Å². The van der Waals surface area contributed by atoms with E-state index in [-0.39, 0.29) is 18.8 Å². The third-order valence-electron chi connectivity index (χ3n) is 3.20. The number of halogens is 1. The number of hydrogen-bond acceptors (Lipinski definition) is 6. The van der Waals surface area contributed by atoms with Crippen molar-refractivity contribution in [1.82, 2.24) is 0 Å². The Labute approximate surface area is 137 Å². The van der Waals surface area contributed by atoms with E-state index in [4.69, 9.17) is 9.47 Å². The lowest BCUT2D eigenvalue weighted by molar-refractivity contribution is -0.387. The molecule has 0 aliphatic carbocycles. The molecule has 0 aliphatic heterocycles. The van der Waals surface area contributed by atoms with Crippen LogP contribution in [0, 0.1) is 15.9 Å². The van der Waals surface area contributed by atoms with E-state index < -0.39 is 33.8 Å². The van der Waals surface area contributed by atoms with Gasteiger partial charge in [-0.2, -0.15) is 4.39 Å². The first-order valence-electron chi connectivity index (χ1n) is 6.79. The van der Waals surface area contributed by atoms with Gasteiger partial charge in [0.05, 0.1) is 4.92 Å². The number of rotatable bonds is 8. The first kappa shape index (κ1) is 19.0. The third-order valence-corrected chi connectivity index (χ3v) is 3.20. The highest BCUT2D eigenvalue weighted by molar-refractivity contribution is 6.06. The van der Waals surface area contributed by atoms with Gasteiger partial charge in [-0.1, -0.05) is 31.4 Å². The molecule has 0 amide bonds. The predicted molar refractivity (Wildman–Crippen MR) is 82.7 cm³/mol. The monoisotopic (exact) mass is 337 g/mol. The molecule has 0 saturated carbocycles. The fourth-order valence-corrected chi connectivity index (χ4v) is 1.84. The summed E-state index contributed by atoms with van der Waals surface area (Å²) in [6.45, 7) is 7.62. The lowest BCUT2D eigenvalue weighted by Crippen LogP contribution is -2.43. The maximum Gasteiger partial charge on any atom is 0.328 e. The Morgan fingerprint density at radius 1 is 1.25 bits per heavy atom. The standard InChI is InChI=1S/C16H16FNO6/c1-4-8-23-14(19)16(3,15(20)24-9-5-2)11-6-7-13(18(21)22)12(17)10-11/h4-7,10H,1-2,8-9H2,3H3. The minimum absolute atomic E-state index is 0.131. The molecule has 0 saturated heterocycles. The lowest BCUT2D eigenvalue weighted by atomic mass is 9.82. The molecule has 0 heterocycles. The molecule has 0 bridgehead atoms. The minimum Gasteiger partial charge on any atom is -0.460 e. The number of ether oxygens (including phenoxy) is 2. The molecule has 0 fully saturated rings. The molecule has 8 heteroatoms. The van der Waals surface area contributed by atoms with Gasteiger partial charge in [0, 0.05) is 6.07 Å². The second-order valence-electron chi connectivity index (χ2n) is 4.82. The van der Waals surface area contributed by atoms with Crippen molar-refractivity contribution in [3.05, 3.63) is 65.0 Å². The molecule has 0 aromatic heterocycles. The molecule has 0 unspecified atom stereocenters. The summed E-state index contributed by atoms with van der Waals surface area (Å²) in [5.41, 5.74) is -2.91. The summed E-state index contributed by atoms with van der Waals surface area (Å²) in [5, 5.41) is 10.7. The van der Waals surface area contributed by atoms with E-state index in [0.29, 0.717) is 0 Å². The Bertz CT molecular complexity index is 661. The van der Waals surface area contributed by atoms with Gasteiger partial charge in [0.2, 0.25) is 5.82 Å². The van der Waals surface area contributed by atoms with E-state index >= 15 is 0 Å². The number of carbonyl (C=O) groups excluding carboxylic acids is 2. The van der Waals surface area contributed by atoms with Gasteiger partial charge in [0.25, 0.3) is 0 Å². The highest BCUT2D eigenvalue weighted by Gasteiger charge is 2.46. The Kier molecular flexibility index (Phi) is 6.34. The smallest absolute Gasteiger partial charge is 0.328 e. The van der Waals surface area contributed by atoms with Crippen molar-refractivity contribution in [3.63, 3.8) is 0 Å². The minimum atomic E-state index is -2.00. The number of hydrogen-bond donors (Lipinski definition) is 0. The van der Waals surface area contributed by atoms with Crippen molar-refractivity contribution in [1.29, 1.82) is 0 Å². The second-order valence-corrected chi connectivity index (χ2v) is 4.82. The molecule has 24 heavy (non-hydrogen) atoms. The van der Waals surface area contributed by atoms with Crippen LogP contribution in [-0.4, -0.2) is 30.1 Å². The van der Waals surface area contributed by atoms with Gasteiger partial charge in [-0.25, -0.2) is 0 Å². The highest BCUT2D eigenvalue weighted by atomic mass is 19.1. The van der Waals surface area contributed by atoms with Crippen molar-refractivity contribution in [2.75, 3.05) is 13.2 Å². The van der Waals surface area contributed by atoms with Gasteiger partial charge in [0.15, 0.2) is 5.41 Å². The van der Waals surface area contributed by atoms with Crippen molar-refractivity contribution in [3.8, 4) is 0 Å². The van der Waals surface area contributed by atoms with Crippen LogP contribution in [-0.2, 0) is 24.5 Å². The van der Waals surface area contributed by atoms with Crippen LogP contribution in [0.3, 0.4) is 0 Å². The molecule has 1 aromatic carbocycles. The van der Waals surface area contributed by atoms with Crippen LogP contribution in [0.4, 0.5) is 10.1 Å². The maximum atomic E-state index is 13.9. The van der Waals surface area contributed by atoms with Gasteiger partial charge in [-0.15, -0.1) is 0 Å². The summed E-state index contributed by atoms with van der Waals surface area (Å²) >= 11 is 0. The maximum absolute atomic E-state index is 13.9. The number of carbonyl (C=O) groups is 2. The van der Waals surface area contributed by atoms with E-state index in [1.165, 1.54) is 19.1 Å². The first-order valence-corrected chi connectivity index (χ1v) is 6.79. The summed E-state index contributed by atoms with van der Waals surface area (Å²) in [6, 6.07) is 2.71. The SMILES string of the molecule is C=CCOC(=O)C(C)(C(=O)OCC=C)c1ccc([N+](=O)[O-])c(F)c1. The number of esters is 2. The summed E-state index contributed by atoms with van der Waals surface area (Å²) < 4.78 is 23.7. The largest absolute Gasteiger partial charge is 0.460 e. The Balaban J connectivity index is 3.36. The van der Waals surface area contributed by atoms with E-state index in [2.05, 4.69) is 13.2 Å². The van der Waals surface area contributed by atoms with Gasteiger partial charge in [-0.05, 0) is 18.6 Å². The third kappa shape index (κ3) is 3.83. The van der Waals surface area contributed by atoms with Gasteiger partial charge >= 0.3 is 17.6 Å². The fraction of sp³-hybridized carbons (Fsp3) is 0.250. The van der Waals surface area contributed by atoms with Crippen LogP contribution >= 0.6 is 0 Å². The summed E-state index contributed by atoms with van der Waals surface area (Å²) in [4.78, 5) is 34.4. The topological polar surface area (TPSA) is 95.7 Å². The predicted octanol–water partition coefficient (Wildman–Crippen LogP) is 2.45. The molecular weight excluding hydrogens is 321 g/mol. The van der Waals surface area contributed by atoms with E-state index in [0.717, 1.165) is 18.2 Å². The zero-order valence-corrected chi connectivity index (χ0v) is 13.0. The number of nitro groups is 1. The molecule has 0 N–H and O–H groups in total. The molecule has 7 nitrogen and oxygen atoms in total. The van der Waals surface area contributed by atoms with Crippen molar-refractivity contribution in [2.24, 2.45) is 0 Å². The highest BCUT2D eigenvalue weighted by Crippen LogP contribution is 2.30. The van der Waals surface area contributed by atoms with Crippen LogP contribution in [0.2, 0.25) is 0 Å². The van der Waals surface area contributed by atoms with Crippen LogP contribution in [0.1, 0.15) is 12.5 Å². The number of benzene rings is 1.